The third kappa shape index (κ3) is 3.72. The quantitative estimate of drug-likeness (QED) is 0.673. The first-order chi connectivity index (χ1) is 7.69. The first-order valence-corrected chi connectivity index (χ1v) is 6.19. The summed E-state index contributed by atoms with van der Waals surface area (Å²) >= 11 is 0. The zero-order chi connectivity index (χ0) is 12.0. The summed E-state index contributed by atoms with van der Waals surface area (Å²) in [4.78, 5) is 12.0. The highest BCUT2D eigenvalue weighted by Crippen LogP contribution is 2.19. The highest BCUT2D eigenvalue weighted by molar-refractivity contribution is 5.84. The summed E-state index contributed by atoms with van der Waals surface area (Å²) in [6, 6.07) is 0.206. The van der Waals surface area contributed by atoms with Gasteiger partial charge in [-0.25, -0.2) is 0 Å². The van der Waals surface area contributed by atoms with Crippen LogP contribution in [0.1, 0.15) is 33.1 Å². The first kappa shape index (κ1) is 13.4. The van der Waals surface area contributed by atoms with Crippen molar-refractivity contribution in [3.8, 4) is 0 Å². The van der Waals surface area contributed by atoms with Gasteiger partial charge >= 0.3 is 0 Å². The molecule has 1 aliphatic rings. The van der Waals surface area contributed by atoms with E-state index < -0.39 is 0 Å². The van der Waals surface area contributed by atoms with E-state index in [1.165, 1.54) is 0 Å². The Kier molecular flexibility index (Phi) is 5.71. The molecule has 0 spiro atoms. The monoisotopic (exact) mass is 225 g/mol. The minimum Gasteiger partial charge on any atom is -0.379 e. The normalized spacial score (nSPS) is 24.6. The molecule has 16 heavy (non-hydrogen) atoms. The van der Waals surface area contributed by atoms with Crippen LogP contribution in [0, 0.1) is 5.92 Å². The second-order valence-electron chi connectivity index (χ2n) is 4.45. The van der Waals surface area contributed by atoms with Gasteiger partial charge in [-0.3, -0.25) is 4.79 Å². The third-order valence-corrected chi connectivity index (χ3v) is 3.07. The van der Waals surface area contributed by atoms with Gasteiger partial charge in [-0.2, -0.15) is 0 Å². The fourth-order valence-electron chi connectivity index (χ4n) is 1.91. The van der Waals surface area contributed by atoms with E-state index in [-0.39, 0.29) is 17.7 Å². The molecule has 3 heteroatoms. The van der Waals surface area contributed by atoms with E-state index in [4.69, 9.17) is 4.74 Å². The molecule has 0 aliphatic carbocycles. The summed E-state index contributed by atoms with van der Waals surface area (Å²) in [5, 5.41) is 3.38. The molecule has 1 heterocycles. The van der Waals surface area contributed by atoms with Gasteiger partial charge in [0.1, 0.15) is 5.78 Å². The Bertz CT molecular complexity index is 250. The summed E-state index contributed by atoms with van der Waals surface area (Å²) in [6.07, 6.45) is 2.47. The summed E-state index contributed by atoms with van der Waals surface area (Å²) in [7, 11) is 0. The maximum atomic E-state index is 12.0. The predicted octanol–water partition coefficient (Wildman–Crippen LogP) is 1.93. The van der Waals surface area contributed by atoms with Crippen molar-refractivity contribution in [3.63, 3.8) is 0 Å². The Balaban J connectivity index is 2.44. The van der Waals surface area contributed by atoms with E-state index in [1.807, 2.05) is 6.92 Å². The van der Waals surface area contributed by atoms with Crippen molar-refractivity contribution in [1.82, 2.24) is 5.32 Å². The Morgan fingerprint density at radius 3 is 2.81 bits per heavy atom. The van der Waals surface area contributed by atoms with Crippen molar-refractivity contribution in [3.05, 3.63) is 12.2 Å². The van der Waals surface area contributed by atoms with Crippen molar-refractivity contribution in [1.29, 1.82) is 0 Å². The van der Waals surface area contributed by atoms with E-state index in [1.54, 1.807) is 0 Å². The van der Waals surface area contributed by atoms with E-state index in [9.17, 15) is 4.79 Å². The Morgan fingerprint density at radius 1 is 1.44 bits per heavy atom. The van der Waals surface area contributed by atoms with Crippen LogP contribution in [0.2, 0.25) is 0 Å². The first-order valence-electron chi connectivity index (χ1n) is 6.19. The maximum absolute atomic E-state index is 12.0. The number of Topliss-reactive ketones (excluding diaryl/α,β-unsaturated/α-hetero) is 1. The number of rotatable bonds is 7. The molecule has 2 atom stereocenters. The molecule has 1 saturated heterocycles. The van der Waals surface area contributed by atoms with Crippen LogP contribution in [0.25, 0.3) is 0 Å². The fourth-order valence-corrected chi connectivity index (χ4v) is 1.91. The van der Waals surface area contributed by atoms with Crippen LogP contribution in [0.3, 0.4) is 0 Å². The smallest absolute Gasteiger partial charge is 0.143 e. The molecule has 92 valence electrons. The highest BCUT2D eigenvalue weighted by atomic mass is 16.5. The van der Waals surface area contributed by atoms with Gasteiger partial charge in [0.25, 0.3) is 0 Å². The molecule has 0 radical (unpaired) electrons. The molecule has 1 rings (SSSR count). The topological polar surface area (TPSA) is 38.3 Å². The average Bonchev–Trinajstić information content (AvgIpc) is 2.74. The number of hydrogen-bond acceptors (Lipinski definition) is 3. The van der Waals surface area contributed by atoms with Gasteiger partial charge in [0.05, 0.1) is 19.1 Å². The number of ether oxygens (including phenoxy) is 1. The van der Waals surface area contributed by atoms with Crippen molar-refractivity contribution >= 4 is 5.78 Å². The molecular formula is C13H23NO2. The predicted molar refractivity (Wildman–Crippen MR) is 65.4 cm³/mol. The number of ketones is 1. The van der Waals surface area contributed by atoms with E-state index >= 15 is 0 Å². The van der Waals surface area contributed by atoms with E-state index in [0.717, 1.165) is 25.0 Å². The van der Waals surface area contributed by atoms with Crippen molar-refractivity contribution < 1.29 is 9.53 Å². The lowest BCUT2D eigenvalue weighted by Crippen LogP contribution is -2.39. The molecule has 0 amide bonds. The molecular weight excluding hydrogens is 202 g/mol. The second-order valence-corrected chi connectivity index (χ2v) is 4.45. The van der Waals surface area contributed by atoms with Gasteiger partial charge in [-0.1, -0.05) is 26.0 Å². The lowest BCUT2D eigenvalue weighted by Gasteiger charge is -2.18. The van der Waals surface area contributed by atoms with E-state index in [0.29, 0.717) is 19.6 Å². The van der Waals surface area contributed by atoms with Gasteiger partial charge in [0, 0.05) is 12.5 Å². The van der Waals surface area contributed by atoms with Crippen LogP contribution in [0.15, 0.2) is 12.2 Å². The standard InChI is InChI=1S/C13H23NO2/c1-4-6-14-12-9-16-8-11(12)13(15)7-10(3)5-2/h11-12,14H,3-9H2,1-2H3. The Hall–Kier alpha value is -0.670. The van der Waals surface area contributed by atoms with Crippen molar-refractivity contribution in [2.75, 3.05) is 19.8 Å². The van der Waals surface area contributed by atoms with Gasteiger partial charge in [0.2, 0.25) is 0 Å². The number of carbonyl (C=O) groups excluding carboxylic acids is 1. The minimum atomic E-state index is 0.0230. The molecule has 2 unspecified atom stereocenters. The van der Waals surface area contributed by atoms with Crippen molar-refractivity contribution in [2.24, 2.45) is 5.92 Å². The van der Waals surface area contributed by atoms with Gasteiger partial charge in [-0.15, -0.1) is 0 Å². The fraction of sp³-hybridized carbons (Fsp3) is 0.769. The largest absolute Gasteiger partial charge is 0.379 e. The molecule has 0 aromatic heterocycles. The molecule has 1 N–H and O–H groups in total. The van der Waals surface area contributed by atoms with Gasteiger partial charge in [-0.05, 0) is 19.4 Å². The van der Waals surface area contributed by atoms with Crippen LogP contribution in [-0.4, -0.2) is 31.6 Å². The molecule has 1 aliphatic heterocycles. The summed E-state index contributed by atoms with van der Waals surface area (Å²) in [6.45, 7) is 10.2. The average molecular weight is 225 g/mol. The molecule has 0 aromatic rings. The zero-order valence-electron chi connectivity index (χ0n) is 10.4. The van der Waals surface area contributed by atoms with Crippen LogP contribution < -0.4 is 5.32 Å². The maximum Gasteiger partial charge on any atom is 0.143 e. The second kappa shape index (κ2) is 6.81. The van der Waals surface area contributed by atoms with Crippen LogP contribution in [0.5, 0.6) is 0 Å². The molecule has 0 bridgehead atoms. The Morgan fingerprint density at radius 2 is 2.19 bits per heavy atom. The number of carbonyl (C=O) groups is 1. The minimum absolute atomic E-state index is 0.0230. The molecule has 0 aromatic carbocycles. The third-order valence-electron chi connectivity index (χ3n) is 3.07. The Labute approximate surface area is 98.2 Å². The summed E-state index contributed by atoms with van der Waals surface area (Å²) < 4.78 is 5.39. The molecule has 3 nitrogen and oxygen atoms in total. The highest BCUT2D eigenvalue weighted by Gasteiger charge is 2.32. The SMILES string of the molecule is C=C(CC)CC(=O)C1COCC1NCCC. The number of nitrogens with one attached hydrogen (secondary N) is 1. The number of allylic oxidation sites excluding steroid dienone is 1. The lowest BCUT2D eigenvalue weighted by molar-refractivity contribution is -0.122. The van der Waals surface area contributed by atoms with Gasteiger partial charge in [0.15, 0.2) is 0 Å². The van der Waals surface area contributed by atoms with Crippen LogP contribution in [-0.2, 0) is 9.53 Å². The summed E-state index contributed by atoms with van der Waals surface area (Å²) in [5.74, 6) is 0.299. The van der Waals surface area contributed by atoms with Crippen LogP contribution >= 0.6 is 0 Å². The van der Waals surface area contributed by atoms with E-state index in [2.05, 4.69) is 18.8 Å². The molecule has 0 saturated carbocycles. The van der Waals surface area contributed by atoms with Crippen molar-refractivity contribution in [2.45, 2.75) is 39.2 Å². The lowest BCUT2D eigenvalue weighted by atomic mass is 9.93. The van der Waals surface area contributed by atoms with Crippen LogP contribution in [0.4, 0.5) is 0 Å². The molecule has 1 fully saturated rings. The summed E-state index contributed by atoms with van der Waals surface area (Å²) in [5.41, 5.74) is 1.02. The zero-order valence-corrected chi connectivity index (χ0v) is 10.4. The number of hydrogen-bond donors (Lipinski definition) is 1. The van der Waals surface area contributed by atoms with Gasteiger partial charge < -0.3 is 10.1 Å².